The largest absolute Gasteiger partial charge is 0.478 e. The number of carbonyl (C=O) groups is 1. The van der Waals surface area contributed by atoms with Crippen LogP contribution in [0.5, 0.6) is 0 Å². The lowest BCUT2D eigenvalue weighted by Crippen LogP contribution is -2.04. The molecule has 0 spiro atoms. The van der Waals surface area contributed by atoms with Gasteiger partial charge in [-0.05, 0) is 18.2 Å². The van der Waals surface area contributed by atoms with Crippen molar-refractivity contribution in [2.75, 3.05) is 0 Å². The zero-order valence-corrected chi connectivity index (χ0v) is 7.29. The third kappa shape index (κ3) is 1.37. The Hall–Kier alpha value is -2.10. The zero-order valence-electron chi connectivity index (χ0n) is 7.29. The van der Waals surface area contributed by atoms with E-state index in [0.717, 1.165) is 0 Å². The van der Waals surface area contributed by atoms with Crippen LogP contribution in [0.1, 0.15) is 10.4 Å². The highest BCUT2D eigenvalue weighted by Gasteiger charge is 2.09. The normalized spacial score (nSPS) is 10.0. The summed E-state index contributed by atoms with van der Waals surface area (Å²) < 4.78 is 1.74. The molecule has 4 heteroatoms. The number of rotatable bonds is 2. The topological polar surface area (TPSA) is 55.1 Å². The van der Waals surface area contributed by atoms with Gasteiger partial charge < -0.3 is 9.67 Å². The van der Waals surface area contributed by atoms with E-state index in [1.807, 2.05) is 12.1 Å². The lowest BCUT2D eigenvalue weighted by molar-refractivity contribution is 0.0696. The smallest absolute Gasteiger partial charge is 0.339 e. The number of carboxylic acid groups (broad SMARTS) is 1. The van der Waals surface area contributed by atoms with E-state index in [0.29, 0.717) is 5.69 Å². The Kier molecular flexibility index (Phi) is 2.02. The molecule has 0 aliphatic rings. The van der Waals surface area contributed by atoms with Crippen LogP contribution in [0.3, 0.4) is 0 Å². The molecule has 0 aliphatic heterocycles. The summed E-state index contributed by atoms with van der Waals surface area (Å²) in [5, 5.41) is 8.91. The van der Waals surface area contributed by atoms with Crippen molar-refractivity contribution in [3.8, 4) is 5.69 Å². The minimum Gasteiger partial charge on any atom is -0.478 e. The maximum Gasteiger partial charge on any atom is 0.339 e. The van der Waals surface area contributed by atoms with Crippen LogP contribution >= 0.6 is 0 Å². The van der Waals surface area contributed by atoms with E-state index in [-0.39, 0.29) is 5.56 Å². The van der Waals surface area contributed by atoms with Crippen LogP contribution in [-0.2, 0) is 0 Å². The average Bonchev–Trinajstić information content (AvgIpc) is 2.70. The van der Waals surface area contributed by atoms with Crippen molar-refractivity contribution in [1.82, 2.24) is 9.55 Å². The van der Waals surface area contributed by atoms with Crippen LogP contribution in [-0.4, -0.2) is 20.6 Å². The lowest BCUT2D eigenvalue weighted by Gasteiger charge is -2.05. The van der Waals surface area contributed by atoms with Crippen molar-refractivity contribution in [1.29, 1.82) is 0 Å². The van der Waals surface area contributed by atoms with Crippen molar-refractivity contribution < 1.29 is 9.90 Å². The fraction of sp³-hybridized carbons (Fsp3) is 0. The van der Waals surface area contributed by atoms with Crippen molar-refractivity contribution in [2.24, 2.45) is 0 Å². The summed E-state index contributed by atoms with van der Waals surface area (Å²) in [5.74, 6) is -0.971. The second kappa shape index (κ2) is 3.33. The zero-order chi connectivity index (χ0) is 9.97. The van der Waals surface area contributed by atoms with E-state index in [1.165, 1.54) is 6.20 Å². The van der Waals surface area contributed by atoms with Crippen LogP contribution in [0.15, 0.2) is 43.0 Å². The minimum absolute atomic E-state index is 0.198. The van der Waals surface area contributed by atoms with Crippen molar-refractivity contribution in [3.05, 3.63) is 48.5 Å². The Morgan fingerprint density at radius 2 is 2.07 bits per heavy atom. The highest BCUT2D eigenvalue weighted by molar-refractivity contribution is 5.91. The van der Waals surface area contributed by atoms with Gasteiger partial charge in [-0.15, -0.1) is 0 Å². The number of carboxylic acids is 1. The van der Waals surface area contributed by atoms with Crippen molar-refractivity contribution >= 4 is 5.97 Å². The first-order chi connectivity index (χ1) is 6.79. The van der Waals surface area contributed by atoms with Gasteiger partial charge in [0, 0.05) is 24.8 Å². The summed E-state index contributed by atoms with van der Waals surface area (Å²) in [6, 6.07) is 5.35. The van der Waals surface area contributed by atoms with E-state index >= 15 is 0 Å². The Bertz CT molecular complexity index is 449. The fourth-order valence-corrected chi connectivity index (χ4v) is 1.27. The summed E-state index contributed by atoms with van der Waals surface area (Å²) in [4.78, 5) is 14.6. The Morgan fingerprint density at radius 1 is 1.36 bits per heavy atom. The van der Waals surface area contributed by atoms with E-state index < -0.39 is 5.97 Å². The van der Waals surface area contributed by atoms with Gasteiger partial charge in [0.2, 0.25) is 0 Å². The monoisotopic (exact) mass is 188 g/mol. The second-order valence-corrected chi connectivity index (χ2v) is 2.79. The number of aromatic nitrogens is 2. The number of hydrogen-bond donors (Lipinski definition) is 1. The summed E-state index contributed by atoms with van der Waals surface area (Å²) in [7, 11) is 0. The predicted molar refractivity (Wildman–Crippen MR) is 50.5 cm³/mol. The Balaban J connectivity index is 2.58. The molecule has 0 radical (unpaired) electrons. The van der Waals surface area contributed by atoms with Crippen LogP contribution in [0.4, 0.5) is 0 Å². The maximum atomic E-state index is 10.9. The van der Waals surface area contributed by atoms with Crippen molar-refractivity contribution in [2.45, 2.75) is 0 Å². The molecule has 2 aromatic rings. The lowest BCUT2D eigenvalue weighted by atomic mass is 10.2. The molecule has 0 saturated carbocycles. The second-order valence-electron chi connectivity index (χ2n) is 2.79. The first-order valence-corrected chi connectivity index (χ1v) is 4.09. The highest BCUT2D eigenvalue weighted by Crippen LogP contribution is 2.12. The van der Waals surface area contributed by atoms with Crippen molar-refractivity contribution in [3.63, 3.8) is 0 Å². The molecule has 2 rings (SSSR count). The SMILES string of the molecule is O=C(O)c1cnccc1-n1cccc1. The number of pyridine rings is 1. The number of aromatic carboxylic acids is 1. The molecular weight excluding hydrogens is 180 g/mol. The Labute approximate surface area is 80.4 Å². The van der Waals surface area contributed by atoms with Gasteiger partial charge in [-0.3, -0.25) is 4.98 Å². The predicted octanol–water partition coefficient (Wildman–Crippen LogP) is 1.57. The summed E-state index contributed by atoms with van der Waals surface area (Å²) in [5.41, 5.74) is 0.821. The number of hydrogen-bond acceptors (Lipinski definition) is 2. The third-order valence-corrected chi connectivity index (χ3v) is 1.91. The summed E-state index contributed by atoms with van der Waals surface area (Å²) in [6.07, 6.45) is 6.50. The van der Waals surface area contributed by atoms with E-state index in [9.17, 15) is 4.79 Å². The van der Waals surface area contributed by atoms with E-state index in [1.54, 1.807) is 29.2 Å². The molecule has 0 atom stereocenters. The van der Waals surface area contributed by atoms with Gasteiger partial charge in [0.25, 0.3) is 0 Å². The molecule has 0 fully saturated rings. The van der Waals surface area contributed by atoms with Crippen LogP contribution in [0.25, 0.3) is 5.69 Å². The minimum atomic E-state index is -0.971. The molecule has 70 valence electrons. The first-order valence-electron chi connectivity index (χ1n) is 4.09. The Morgan fingerprint density at radius 3 is 2.71 bits per heavy atom. The van der Waals surface area contributed by atoms with Gasteiger partial charge in [0.05, 0.1) is 5.69 Å². The molecule has 0 unspecified atom stereocenters. The number of nitrogens with zero attached hydrogens (tertiary/aromatic N) is 2. The molecule has 14 heavy (non-hydrogen) atoms. The molecule has 0 amide bonds. The molecule has 0 saturated heterocycles. The average molecular weight is 188 g/mol. The third-order valence-electron chi connectivity index (χ3n) is 1.91. The molecule has 2 aromatic heterocycles. The van der Waals surface area contributed by atoms with Gasteiger partial charge in [0.1, 0.15) is 5.56 Å². The maximum absolute atomic E-state index is 10.9. The first kappa shape index (κ1) is 8.50. The quantitative estimate of drug-likeness (QED) is 0.778. The van der Waals surface area contributed by atoms with Gasteiger partial charge in [-0.1, -0.05) is 0 Å². The van der Waals surface area contributed by atoms with Gasteiger partial charge in [0.15, 0.2) is 0 Å². The molecule has 2 heterocycles. The fourth-order valence-electron chi connectivity index (χ4n) is 1.27. The van der Waals surface area contributed by atoms with Crippen LogP contribution in [0, 0.1) is 0 Å². The summed E-state index contributed by atoms with van der Waals surface area (Å²) >= 11 is 0. The van der Waals surface area contributed by atoms with Gasteiger partial charge >= 0.3 is 5.97 Å². The van der Waals surface area contributed by atoms with E-state index in [2.05, 4.69) is 4.98 Å². The van der Waals surface area contributed by atoms with Crippen LogP contribution < -0.4 is 0 Å². The highest BCUT2D eigenvalue weighted by atomic mass is 16.4. The standard InChI is InChI=1S/C10H8N2O2/c13-10(14)8-7-11-4-3-9(8)12-5-1-2-6-12/h1-7H,(H,13,14). The molecular formula is C10H8N2O2. The summed E-state index contributed by atoms with van der Waals surface area (Å²) in [6.45, 7) is 0. The van der Waals surface area contributed by atoms with Gasteiger partial charge in [-0.2, -0.15) is 0 Å². The van der Waals surface area contributed by atoms with E-state index in [4.69, 9.17) is 5.11 Å². The molecule has 0 bridgehead atoms. The molecule has 1 N–H and O–H groups in total. The molecule has 4 nitrogen and oxygen atoms in total. The molecule has 0 aliphatic carbocycles. The van der Waals surface area contributed by atoms with Crippen LogP contribution in [0.2, 0.25) is 0 Å². The van der Waals surface area contributed by atoms with Gasteiger partial charge in [-0.25, -0.2) is 4.79 Å². The molecule has 0 aromatic carbocycles.